The number of Topliss-reactive ketones (excluding diaryl/α,β-unsaturated/α-hetero) is 4. The van der Waals surface area contributed by atoms with Crippen LogP contribution < -0.4 is 43.0 Å². The fourth-order valence-corrected chi connectivity index (χ4v) is 17.7. The van der Waals surface area contributed by atoms with Crippen LogP contribution in [-0.2, 0) is 110 Å². The second-order valence-electron chi connectivity index (χ2n) is 32.8. The predicted octanol–water partition coefficient (Wildman–Crippen LogP) is 7.29. The summed E-state index contributed by atoms with van der Waals surface area (Å²) in [6.07, 6.45) is -3.89. The Morgan fingerprint density at radius 3 is 1.94 bits per heavy atom. The maximum Gasteiger partial charge on any atom is 0.407 e. The van der Waals surface area contributed by atoms with Crippen molar-refractivity contribution in [3.05, 3.63) is 118 Å². The summed E-state index contributed by atoms with van der Waals surface area (Å²) in [5.41, 5.74) is 8.34. The average molecular weight is 1890 g/mol. The van der Waals surface area contributed by atoms with E-state index in [2.05, 4.69) is 46.9 Å². The number of likely N-dealkylation sites (tertiary alicyclic amines) is 1. The molecule has 8 amide bonds. The van der Waals surface area contributed by atoms with E-state index in [4.69, 9.17) is 25.1 Å². The molecule has 1 saturated heterocycles. The SMILES string of the molecule is CCCC(=O)OCN(C(=O)[C@@H](CC(=O)[C@H]1CCCCN1C)C(C)CC)[C@H](C[C@@H](OC(C)=O)c1nc(C(=O)N[C@@H](Cc2ccc(O)cc2)C[C@H](C)C(=O)CNC(=O)OCCSSC[C@H](CC(=O)[C@H](CC(=O)O)[C@@H](N)CNC(=O)[C@@H](CC(=O)[C@H](Cc2ccccc2)NC(=O)CCNC(=O)CC[C@H](NC(=O)N[C@@H](CCC(=O)O)OC=O)C(=O)O)Cc2ccccc2)C(=O)O)cs1)C(C)C. The molecule has 2 heterocycles. The number of nitrogens with one attached hydrogen (secondary N) is 7. The van der Waals surface area contributed by atoms with E-state index in [1.165, 1.54) is 29.3 Å². The number of carbonyl (C=O) groups is 18. The zero-order chi connectivity index (χ0) is 96.8. The van der Waals surface area contributed by atoms with Crippen LogP contribution >= 0.6 is 32.9 Å². The average Bonchev–Trinajstić information content (AvgIpc) is 1.80. The summed E-state index contributed by atoms with van der Waals surface area (Å²) in [6.45, 7) is 11.0. The van der Waals surface area contributed by atoms with Crippen molar-refractivity contribution in [2.75, 3.05) is 58.1 Å². The Morgan fingerprint density at radius 2 is 1.33 bits per heavy atom. The molecule has 5 rings (SSSR count). The third-order valence-electron chi connectivity index (χ3n) is 22.2. The molecule has 1 fully saturated rings. The molecule has 1 aromatic heterocycles. The Kier molecular flexibility index (Phi) is 49.1. The number of urea groups is 1. The van der Waals surface area contributed by atoms with Crippen molar-refractivity contribution in [1.29, 1.82) is 0 Å². The highest BCUT2D eigenvalue weighted by Gasteiger charge is 2.41. The van der Waals surface area contributed by atoms with Gasteiger partial charge in [0.25, 0.3) is 12.4 Å². The lowest BCUT2D eigenvalue weighted by atomic mass is 9.82. The molecule has 1 aliphatic heterocycles. The number of carboxylic acids is 4. The molecular weight excluding hydrogens is 1760 g/mol. The van der Waals surface area contributed by atoms with Gasteiger partial charge in [0.2, 0.25) is 23.6 Å². The minimum atomic E-state index is -1.64. The summed E-state index contributed by atoms with van der Waals surface area (Å²) >= 11 is 1.03. The Balaban J connectivity index is 1.15. The Hall–Kier alpha value is -11.4. The van der Waals surface area contributed by atoms with Gasteiger partial charge in [-0.2, -0.15) is 0 Å². The molecule has 14 N–H and O–H groups in total. The lowest BCUT2D eigenvalue weighted by Gasteiger charge is -2.39. The number of aromatic hydroxyl groups is 1. The van der Waals surface area contributed by atoms with Crippen molar-refractivity contribution >= 4 is 140 Å². The number of carboxylic acid groups (broad SMARTS) is 4. The number of likely N-dealkylation sites (N-methyl/N-ethyl adjacent to an activating group) is 1. The summed E-state index contributed by atoms with van der Waals surface area (Å²) in [5.74, 6) is -18.3. The van der Waals surface area contributed by atoms with Crippen molar-refractivity contribution in [2.24, 2.45) is 47.2 Å². The molecule has 38 nitrogen and oxygen atoms in total. The quantitative estimate of drug-likeness (QED) is 0.00515. The number of benzene rings is 3. The Bertz CT molecular complexity index is 4450. The first-order chi connectivity index (χ1) is 62.3. The highest BCUT2D eigenvalue weighted by atomic mass is 33.1. The van der Waals surface area contributed by atoms with E-state index in [-0.39, 0.29) is 129 Å². The first-order valence-corrected chi connectivity index (χ1v) is 47.0. The number of nitrogens with two attached hydrogens (primary N) is 1. The van der Waals surface area contributed by atoms with Gasteiger partial charge >= 0.3 is 47.9 Å². The third-order valence-corrected chi connectivity index (χ3v) is 25.6. The number of carbonyl (C=O) groups excluding carboxylic acids is 14. The van der Waals surface area contributed by atoms with Gasteiger partial charge in [0.1, 0.15) is 34.9 Å². The van der Waals surface area contributed by atoms with Crippen molar-refractivity contribution in [3.8, 4) is 5.75 Å². The number of phenols is 1. The number of ether oxygens (including phenoxy) is 4. The van der Waals surface area contributed by atoms with Gasteiger partial charge in [0, 0.05) is 130 Å². The van der Waals surface area contributed by atoms with Gasteiger partial charge in [-0.05, 0) is 106 Å². The van der Waals surface area contributed by atoms with Gasteiger partial charge in [-0.15, -0.1) is 11.3 Å². The van der Waals surface area contributed by atoms with Crippen LogP contribution in [-0.4, -0.2) is 248 Å². The maximum absolute atomic E-state index is 15.1. The molecule has 1 aliphatic rings. The third kappa shape index (κ3) is 40.9. The molecule has 720 valence electrons. The van der Waals surface area contributed by atoms with Crippen LogP contribution in [0.1, 0.15) is 196 Å². The molecule has 1 unspecified atom stereocenters. The summed E-state index contributed by atoms with van der Waals surface area (Å²) in [6, 6.07) is 16.0. The van der Waals surface area contributed by atoms with E-state index >= 15 is 4.79 Å². The Morgan fingerprint density at radius 1 is 0.664 bits per heavy atom. The van der Waals surface area contributed by atoms with Crippen LogP contribution in [0.3, 0.4) is 0 Å². The monoisotopic (exact) mass is 1890 g/mol. The number of aromatic nitrogens is 1. The molecular formula is C90H125N11O27S3. The van der Waals surface area contributed by atoms with Crippen LogP contribution in [0.25, 0.3) is 0 Å². The van der Waals surface area contributed by atoms with Gasteiger partial charge in [-0.1, -0.05) is 149 Å². The molecule has 0 aliphatic carbocycles. The fraction of sp³-hybridized carbons (Fsp3) is 0.567. The lowest BCUT2D eigenvalue weighted by Crippen LogP contribution is -2.50. The van der Waals surface area contributed by atoms with E-state index in [1.54, 1.807) is 79.7 Å². The predicted molar refractivity (Wildman–Crippen MR) is 482 cm³/mol. The number of amides is 8. The van der Waals surface area contributed by atoms with E-state index in [0.717, 1.165) is 52.3 Å². The van der Waals surface area contributed by atoms with Crippen molar-refractivity contribution in [3.63, 3.8) is 0 Å². The second kappa shape index (κ2) is 58.4. The van der Waals surface area contributed by atoms with Gasteiger partial charge < -0.3 is 92.3 Å². The van der Waals surface area contributed by atoms with Crippen LogP contribution in [0.4, 0.5) is 9.59 Å². The first kappa shape index (κ1) is 110. The number of alkyl carbamates (subject to hydrolysis) is 1. The normalized spacial score (nSPS) is 15.5. The highest BCUT2D eigenvalue weighted by molar-refractivity contribution is 8.76. The summed E-state index contributed by atoms with van der Waals surface area (Å²) in [5, 5.41) is 68.1. The van der Waals surface area contributed by atoms with Crippen LogP contribution in [0.15, 0.2) is 90.3 Å². The number of ketones is 4. The molecule has 4 aromatic rings. The molecule has 41 heteroatoms. The number of hydrogen-bond acceptors (Lipinski definition) is 29. The first-order valence-electron chi connectivity index (χ1n) is 43.7. The Labute approximate surface area is 772 Å². The second-order valence-corrected chi connectivity index (χ2v) is 36.3. The topological polar surface area (TPSA) is 575 Å². The van der Waals surface area contributed by atoms with Gasteiger partial charge in [0.05, 0.1) is 37.4 Å². The number of aliphatic carboxylic acids is 4. The van der Waals surface area contributed by atoms with Crippen molar-refractivity contribution < 1.29 is 131 Å². The molecule has 0 spiro atoms. The van der Waals surface area contributed by atoms with E-state index in [9.17, 15) is 102 Å². The molecule has 0 saturated carbocycles. The number of thiazole rings is 1. The van der Waals surface area contributed by atoms with Crippen LogP contribution in [0.5, 0.6) is 5.75 Å². The van der Waals surface area contributed by atoms with E-state index < -0.39 is 225 Å². The lowest BCUT2D eigenvalue weighted by molar-refractivity contribution is -0.162. The van der Waals surface area contributed by atoms with Gasteiger partial charge in [-0.25, -0.2) is 19.4 Å². The van der Waals surface area contributed by atoms with Crippen LogP contribution in [0, 0.1) is 41.4 Å². The summed E-state index contributed by atoms with van der Waals surface area (Å²) in [4.78, 5) is 244. The molecule has 0 bridgehead atoms. The van der Waals surface area contributed by atoms with Gasteiger partial charge in [0.15, 0.2) is 36.4 Å². The maximum atomic E-state index is 15.1. The van der Waals surface area contributed by atoms with E-state index in [1.807, 2.05) is 46.6 Å². The van der Waals surface area contributed by atoms with Crippen molar-refractivity contribution in [2.45, 2.75) is 225 Å². The van der Waals surface area contributed by atoms with Crippen LogP contribution in [0.2, 0.25) is 0 Å². The number of hydrogen-bond donors (Lipinski definition) is 13. The minimum absolute atomic E-state index is 0.0141. The minimum Gasteiger partial charge on any atom is -0.508 e. The van der Waals surface area contributed by atoms with E-state index in [0.29, 0.717) is 36.0 Å². The molecule has 3 aromatic carbocycles. The van der Waals surface area contributed by atoms with Crippen molar-refractivity contribution in [1.82, 2.24) is 52.0 Å². The summed E-state index contributed by atoms with van der Waals surface area (Å²) in [7, 11) is 4.00. The highest BCUT2D eigenvalue weighted by Crippen LogP contribution is 2.35. The fourth-order valence-electron chi connectivity index (χ4n) is 14.7. The number of phenolic OH excluding ortho intramolecular Hbond substituents is 1. The molecule has 131 heavy (non-hydrogen) atoms. The summed E-state index contributed by atoms with van der Waals surface area (Å²) < 4.78 is 21.6. The molecule has 0 radical (unpaired) electrons. The molecule has 14 atom stereocenters. The number of rotatable bonds is 63. The zero-order valence-corrected chi connectivity index (χ0v) is 77.5. The number of esters is 2. The van der Waals surface area contributed by atoms with Gasteiger partial charge in [-0.3, -0.25) is 76.8 Å². The zero-order valence-electron chi connectivity index (χ0n) is 75.1. The number of piperidine rings is 1. The number of nitrogens with zero attached hydrogens (tertiary/aromatic N) is 3. The smallest absolute Gasteiger partial charge is 0.407 e. The largest absolute Gasteiger partial charge is 0.508 e. The standard InChI is InChI=1S/C90H125N11O27S3/c1-9-19-82(115)126-51-101(86(118)64(54(5)10-2)44-74(107)70-24-17-18-35-100(70)8)71(53(3)4)46-76(128-56(7)103)85-97-69(50-129-85)84(117)95-62(40-59-25-27-63(104)28-26-59)38-55(6)75(108)48-94-90(124)125-36-37-130-131-49-61(87(119)120)43-72(105)65(45-81(113)114)66(91)47-93-83(116)60(39-57-20-13-11-14-21-57)42-73(106)68(41-58-22-15-12-16-23-58)96-78(110)33-34-92-77(109)30-29-67(88(121)122)98-89(123)99-79(127-52-102)31-32-80(111)112/h11-16,20-23,25-28,50,52-55,60-62,64-68,70-71,76,79,104H,9-10,17-19,24,29-49,51,91H2,1-8H3,(H,92,109)(H,93,116)(H,94,124)(H,95,117)(H,96,110)(H,111,112)(H,113,114)(H,119,120)(H,121,122)(H2,98,99,123)/t54?,55-,60+,61-,62+,64-,65+,66-,67-,68-,70+,71+,76+,79+/m0/s1.